The van der Waals surface area contributed by atoms with Gasteiger partial charge >= 0.3 is 0 Å². The van der Waals surface area contributed by atoms with E-state index in [1.807, 2.05) is 23.1 Å². The zero-order valence-corrected chi connectivity index (χ0v) is 16.1. The smallest absolute Gasteiger partial charge is 0.252 e. The highest BCUT2D eigenvalue weighted by molar-refractivity contribution is 7.91. The standard InChI is InChI=1S/C19H22N2O3S2/c22-19(21-12-4-7-15-6-1-2-9-17(15)21)16-8-3-11-20(14-16)26(23,24)18-10-5-13-25-18/h1-2,5-6,9-10,13,16H,3-4,7-8,11-12,14H2/t16-/m1/s1. The Hall–Kier alpha value is -1.70. The maximum absolute atomic E-state index is 13.2. The lowest BCUT2D eigenvalue weighted by molar-refractivity contribution is -0.123. The van der Waals surface area contributed by atoms with E-state index in [9.17, 15) is 13.2 Å². The molecule has 0 N–H and O–H groups in total. The van der Waals surface area contributed by atoms with Crippen LogP contribution in [0.5, 0.6) is 0 Å². The van der Waals surface area contributed by atoms with E-state index in [4.69, 9.17) is 0 Å². The van der Waals surface area contributed by atoms with Crippen molar-refractivity contribution >= 4 is 33.0 Å². The van der Waals surface area contributed by atoms with Crippen LogP contribution in [0.2, 0.25) is 0 Å². The number of benzene rings is 1. The van der Waals surface area contributed by atoms with Crippen LogP contribution in [0.25, 0.3) is 0 Å². The summed E-state index contributed by atoms with van der Waals surface area (Å²) < 4.78 is 27.4. The molecule has 3 heterocycles. The third kappa shape index (κ3) is 3.19. The molecular weight excluding hydrogens is 368 g/mol. The van der Waals surface area contributed by atoms with Crippen molar-refractivity contribution in [2.45, 2.75) is 29.9 Å². The number of sulfonamides is 1. The Morgan fingerprint density at radius 3 is 2.73 bits per heavy atom. The summed E-state index contributed by atoms with van der Waals surface area (Å²) in [6.07, 6.45) is 3.40. The average Bonchev–Trinajstić information content (AvgIpc) is 3.23. The number of carbonyl (C=O) groups excluding carboxylic acids is 1. The lowest BCUT2D eigenvalue weighted by Gasteiger charge is -2.36. The molecule has 1 atom stereocenters. The van der Waals surface area contributed by atoms with Crippen LogP contribution in [0.3, 0.4) is 0 Å². The second-order valence-corrected chi connectivity index (χ2v) is 9.97. The normalized spacial score (nSPS) is 21.4. The van der Waals surface area contributed by atoms with Crippen molar-refractivity contribution < 1.29 is 13.2 Å². The molecule has 0 bridgehead atoms. The van der Waals surface area contributed by atoms with Gasteiger partial charge in [0.25, 0.3) is 10.0 Å². The molecule has 1 aromatic heterocycles. The molecule has 2 aliphatic rings. The largest absolute Gasteiger partial charge is 0.312 e. The van der Waals surface area contributed by atoms with E-state index < -0.39 is 10.0 Å². The second kappa shape index (κ2) is 7.13. The zero-order valence-electron chi connectivity index (χ0n) is 14.5. The van der Waals surface area contributed by atoms with Crippen LogP contribution in [0.4, 0.5) is 5.69 Å². The number of hydrogen-bond donors (Lipinski definition) is 0. The van der Waals surface area contributed by atoms with E-state index in [1.54, 1.807) is 17.5 Å². The highest BCUT2D eigenvalue weighted by atomic mass is 32.2. The summed E-state index contributed by atoms with van der Waals surface area (Å²) in [5.74, 6) is -0.215. The van der Waals surface area contributed by atoms with Gasteiger partial charge in [0.15, 0.2) is 0 Å². The summed E-state index contributed by atoms with van der Waals surface area (Å²) in [4.78, 5) is 15.0. The molecule has 5 nitrogen and oxygen atoms in total. The van der Waals surface area contributed by atoms with Crippen molar-refractivity contribution in [3.05, 3.63) is 47.3 Å². The molecule has 1 amide bonds. The molecule has 0 unspecified atom stereocenters. The van der Waals surface area contributed by atoms with Crippen molar-refractivity contribution in [2.75, 3.05) is 24.5 Å². The monoisotopic (exact) mass is 390 g/mol. The van der Waals surface area contributed by atoms with Gasteiger partial charge in [0.05, 0.1) is 5.92 Å². The van der Waals surface area contributed by atoms with Crippen LogP contribution in [0.1, 0.15) is 24.8 Å². The first-order valence-corrected chi connectivity index (χ1v) is 11.3. The molecule has 1 aromatic carbocycles. The number of amides is 1. The fourth-order valence-electron chi connectivity index (χ4n) is 3.88. The van der Waals surface area contributed by atoms with Gasteiger partial charge in [0.1, 0.15) is 4.21 Å². The van der Waals surface area contributed by atoms with Gasteiger partial charge < -0.3 is 4.90 Å². The Morgan fingerprint density at radius 2 is 1.92 bits per heavy atom. The molecule has 1 fully saturated rings. The van der Waals surface area contributed by atoms with Gasteiger partial charge in [0, 0.05) is 25.3 Å². The maximum atomic E-state index is 13.2. The number of carbonyl (C=O) groups is 1. The Bertz CT molecular complexity index is 893. The van der Waals surface area contributed by atoms with Crippen LogP contribution < -0.4 is 4.90 Å². The van der Waals surface area contributed by atoms with Crippen LogP contribution >= 0.6 is 11.3 Å². The fraction of sp³-hybridized carbons (Fsp3) is 0.421. The summed E-state index contributed by atoms with van der Waals surface area (Å²) in [6.45, 7) is 1.47. The summed E-state index contributed by atoms with van der Waals surface area (Å²) in [5, 5.41) is 1.77. The lowest BCUT2D eigenvalue weighted by atomic mass is 9.95. The number of nitrogens with zero attached hydrogens (tertiary/aromatic N) is 2. The Kier molecular flexibility index (Phi) is 4.86. The fourth-order valence-corrected chi connectivity index (χ4v) is 6.55. The second-order valence-electron chi connectivity index (χ2n) is 6.86. The summed E-state index contributed by atoms with van der Waals surface area (Å²) in [6, 6.07) is 11.4. The van der Waals surface area contributed by atoms with Gasteiger partial charge in [-0.2, -0.15) is 4.31 Å². The maximum Gasteiger partial charge on any atom is 0.252 e. The van der Waals surface area contributed by atoms with Gasteiger partial charge in [0.2, 0.25) is 5.91 Å². The Balaban J connectivity index is 1.55. The predicted octanol–water partition coefficient (Wildman–Crippen LogP) is 3.13. The molecular formula is C19H22N2O3S2. The number of piperidine rings is 1. The van der Waals surface area contributed by atoms with Crippen molar-refractivity contribution in [2.24, 2.45) is 5.92 Å². The van der Waals surface area contributed by atoms with E-state index in [-0.39, 0.29) is 18.4 Å². The third-order valence-electron chi connectivity index (χ3n) is 5.20. The highest BCUT2D eigenvalue weighted by Crippen LogP contribution is 2.31. The summed E-state index contributed by atoms with van der Waals surface area (Å²) in [7, 11) is -3.50. The molecule has 2 aliphatic heterocycles. The number of anilines is 1. The van der Waals surface area contributed by atoms with E-state index in [2.05, 4.69) is 6.07 Å². The van der Waals surface area contributed by atoms with Gasteiger partial charge in [-0.3, -0.25) is 4.79 Å². The minimum atomic E-state index is -3.50. The first-order chi connectivity index (χ1) is 12.6. The van der Waals surface area contributed by atoms with Gasteiger partial charge in [-0.25, -0.2) is 8.42 Å². The molecule has 0 radical (unpaired) electrons. The number of para-hydroxylation sites is 1. The van der Waals surface area contributed by atoms with Crippen molar-refractivity contribution in [3.63, 3.8) is 0 Å². The Labute approximate surface area is 158 Å². The van der Waals surface area contributed by atoms with E-state index in [0.29, 0.717) is 17.3 Å². The zero-order chi connectivity index (χ0) is 18.1. The van der Waals surface area contributed by atoms with E-state index in [1.165, 1.54) is 21.2 Å². The first-order valence-electron chi connectivity index (χ1n) is 9.00. The number of rotatable bonds is 3. The van der Waals surface area contributed by atoms with Crippen molar-refractivity contribution in [1.82, 2.24) is 4.31 Å². The minimum Gasteiger partial charge on any atom is -0.312 e. The molecule has 7 heteroatoms. The van der Waals surface area contributed by atoms with Crippen LogP contribution in [0, 0.1) is 5.92 Å². The quantitative estimate of drug-likeness (QED) is 0.809. The topological polar surface area (TPSA) is 57.7 Å². The van der Waals surface area contributed by atoms with Gasteiger partial charge in [-0.1, -0.05) is 24.3 Å². The SMILES string of the molecule is O=C([C@@H]1CCCN(S(=O)(=O)c2cccs2)C1)N1CCCc2ccccc21. The third-order valence-corrected chi connectivity index (χ3v) is 8.44. The highest BCUT2D eigenvalue weighted by Gasteiger charge is 2.36. The van der Waals surface area contributed by atoms with E-state index >= 15 is 0 Å². The molecule has 2 aromatic rings. The summed E-state index contributed by atoms with van der Waals surface area (Å²) in [5.41, 5.74) is 2.19. The van der Waals surface area contributed by atoms with E-state index in [0.717, 1.165) is 31.4 Å². The molecule has 1 saturated heterocycles. The predicted molar refractivity (Wildman–Crippen MR) is 103 cm³/mol. The Morgan fingerprint density at radius 1 is 1.08 bits per heavy atom. The molecule has 0 aliphatic carbocycles. The van der Waals surface area contributed by atoms with Gasteiger partial charge in [-0.15, -0.1) is 11.3 Å². The van der Waals surface area contributed by atoms with Crippen molar-refractivity contribution in [1.29, 1.82) is 0 Å². The molecule has 138 valence electrons. The average molecular weight is 391 g/mol. The van der Waals surface area contributed by atoms with Crippen LogP contribution in [0.15, 0.2) is 46.0 Å². The summed E-state index contributed by atoms with van der Waals surface area (Å²) >= 11 is 1.23. The first kappa shape index (κ1) is 17.7. The van der Waals surface area contributed by atoms with Crippen LogP contribution in [-0.2, 0) is 21.2 Å². The number of aryl methyl sites for hydroxylation is 1. The molecule has 0 saturated carbocycles. The lowest BCUT2D eigenvalue weighted by Crippen LogP contribution is -2.47. The number of thiophene rings is 1. The molecule has 26 heavy (non-hydrogen) atoms. The van der Waals surface area contributed by atoms with Crippen molar-refractivity contribution in [3.8, 4) is 0 Å². The number of hydrogen-bond acceptors (Lipinski definition) is 4. The molecule has 4 rings (SSSR count). The molecule has 0 spiro atoms. The van der Waals surface area contributed by atoms with Gasteiger partial charge in [-0.05, 0) is 48.8 Å². The number of fused-ring (bicyclic) bond motifs is 1. The minimum absolute atomic E-state index is 0.0585. The van der Waals surface area contributed by atoms with Crippen LogP contribution in [-0.4, -0.2) is 38.3 Å².